The monoisotopic (exact) mass is 620 g/mol. The Morgan fingerprint density at radius 3 is 1.63 bits per heavy atom. The molecule has 8 aromatic carbocycles. The van der Waals surface area contributed by atoms with Crippen LogP contribution in [0.5, 0.6) is 0 Å². The molecule has 10 aromatic rings. The summed E-state index contributed by atoms with van der Waals surface area (Å²) in [5.41, 5.74) is 6.62. The molecule has 0 unspecified atom stereocenters. The highest BCUT2D eigenvalue weighted by atomic mass is 32.1. The molecule has 2 heterocycles. The fourth-order valence-electron chi connectivity index (χ4n) is 7.88. The molecule has 0 nitrogen and oxygen atoms in total. The molecule has 0 aliphatic rings. The van der Waals surface area contributed by atoms with E-state index in [0.717, 1.165) is 0 Å². The Morgan fingerprint density at radius 1 is 0.391 bits per heavy atom. The fraction of sp³-hybridized carbons (Fsp3) is 0.0455. The average molecular weight is 621 g/mol. The Labute approximate surface area is 274 Å². The van der Waals surface area contributed by atoms with Gasteiger partial charge in [0, 0.05) is 35.1 Å². The SMILES string of the molecule is Cc1sc2ccc(-c3c4ccccc4c(-c4cccc5sc6c7ccccc7c7ccccc7c6c45)c4ccccc34)cc2c1C. The van der Waals surface area contributed by atoms with Gasteiger partial charge in [0.15, 0.2) is 0 Å². The average Bonchev–Trinajstić information content (AvgIpc) is 3.64. The summed E-state index contributed by atoms with van der Waals surface area (Å²) in [6.07, 6.45) is 0. The van der Waals surface area contributed by atoms with Crippen molar-refractivity contribution in [2.75, 3.05) is 0 Å². The smallest absolute Gasteiger partial charge is 0.0440 e. The van der Waals surface area contributed by atoms with Crippen molar-refractivity contribution in [1.82, 2.24) is 0 Å². The molecular formula is C44H28S2. The molecule has 2 heteroatoms. The van der Waals surface area contributed by atoms with Gasteiger partial charge >= 0.3 is 0 Å². The summed E-state index contributed by atoms with van der Waals surface area (Å²) < 4.78 is 4.07. The Morgan fingerprint density at radius 2 is 0.957 bits per heavy atom. The summed E-state index contributed by atoms with van der Waals surface area (Å²) in [7, 11) is 0. The van der Waals surface area contributed by atoms with Gasteiger partial charge in [0.25, 0.3) is 0 Å². The van der Waals surface area contributed by atoms with Crippen LogP contribution in [-0.4, -0.2) is 0 Å². The largest absolute Gasteiger partial charge is 0.140 e. The minimum atomic E-state index is 1.28. The second-order valence-corrected chi connectivity index (χ2v) is 14.7. The van der Waals surface area contributed by atoms with Crippen molar-refractivity contribution >= 4 is 96.0 Å². The molecule has 0 radical (unpaired) electrons. The van der Waals surface area contributed by atoms with Crippen LogP contribution >= 0.6 is 22.7 Å². The molecule has 0 bridgehead atoms. The minimum Gasteiger partial charge on any atom is -0.140 e. The van der Waals surface area contributed by atoms with E-state index < -0.39 is 0 Å². The van der Waals surface area contributed by atoms with Crippen LogP contribution in [0.15, 0.2) is 133 Å². The second-order valence-electron chi connectivity index (χ2n) is 12.4. The topological polar surface area (TPSA) is 0 Å². The van der Waals surface area contributed by atoms with Gasteiger partial charge in [-0.3, -0.25) is 0 Å². The summed E-state index contributed by atoms with van der Waals surface area (Å²) in [6, 6.07) is 50.0. The van der Waals surface area contributed by atoms with Crippen molar-refractivity contribution in [3.8, 4) is 22.3 Å². The highest BCUT2D eigenvalue weighted by Gasteiger charge is 2.22. The lowest BCUT2D eigenvalue weighted by molar-refractivity contribution is 1.47. The lowest BCUT2D eigenvalue weighted by Crippen LogP contribution is -1.91. The first kappa shape index (κ1) is 26.2. The second kappa shape index (κ2) is 9.74. The van der Waals surface area contributed by atoms with Crippen molar-refractivity contribution in [3.63, 3.8) is 0 Å². The molecule has 216 valence electrons. The van der Waals surface area contributed by atoms with Gasteiger partial charge in [-0.05, 0) is 103 Å². The van der Waals surface area contributed by atoms with Gasteiger partial charge in [0.1, 0.15) is 0 Å². The predicted molar refractivity (Wildman–Crippen MR) is 205 cm³/mol. The molecule has 0 N–H and O–H groups in total. The summed E-state index contributed by atoms with van der Waals surface area (Å²) in [6.45, 7) is 4.50. The number of benzene rings is 8. The Kier molecular flexibility index (Phi) is 5.55. The zero-order chi connectivity index (χ0) is 30.5. The molecule has 2 aromatic heterocycles. The number of fused-ring (bicyclic) bond motifs is 11. The molecule has 0 fully saturated rings. The number of hydrogen-bond donors (Lipinski definition) is 0. The first-order chi connectivity index (χ1) is 22.7. The Balaban J connectivity index is 1.38. The van der Waals surface area contributed by atoms with E-state index in [2.05, 4.69) is 147 Å². The Bertz CT molecular complexity index is 2820. The molecule has 0 spiro atoms. The maximum atomic E-state index is 2.42. The molecular weight excluding hydrogens is 593 g/mol. The van der Waals surface area contributed by atoms with Crippen LogP contribution in [0.25, 0.3) is 95.6 Å². The fourth-order valence-corrected chi connectivity index (χ4v) is 10.2. The van der Waals surface area contributed by atoms with Crippen molar-refractivity contribution < 1.29 is 0 Å². The van der Waals surface area contributed by atoms with Crippen molar-refractivity contribution in [3.05, 3.63) is 144 Å². The zero-order valence-electron chi connectivity index (χ0n) is 25.5. The quantitative estimate of drug-likeness (QED) is 0.133. The van der Waals surface area contributed by atoms with Gasteiger partial charge in [0.05, 0.1) is 0 Å². The summed E-state index contributed by atoms with van der Waals surface area (Å²) in [5, 5.41) is 14.6. The first-order valence-corrected chi connectivity index (χ1v) is 17.5. The van der Waals surface area contributed by atoms with Gasteiger partial charge in [-0.15, -0.1) is 22.7 Å². The number of rotatable bonds is 2. The number of hydrogen-bond acceptors (Lipinski definition) is 2. The lowest BCUT2D eigenvalue weighted by Gasteiger charge is -2.19. The van der Waals surface area contributed by atoms with Crippen molar-refractivity contribution in [1.29, 1.82) is 0 Å². The number of aryl methyl sites for hydroxylation is 2. The Hall–Kier alpha value is -5.02. The zero-order valence-corrected chi connectivity index (χ0v) is 27.2. The third-order valence-corrected chi connectivity index (χ3v) is 12.4. The van der Waals surface area contributed by atoms with Crippen molar-refractivity contribution in [2.24, 2.45) is 0 Å². The summed E-state index contributed by atoms with van der Waals surface area (Å²) >= 11 is 3.83. The maximum absolute atomic E-state index is 2.42. The maximum Gasteiger partial charge on any atom is 0.0440 e. The minimum absolute atomic E-state index is 1.28. The van der Waals surface area contributed by atoms with E-state index in [1.165, 1.54) is 106 Å². The van der Waals surface area contributed by atoms with Crippen LogP contribution in [-0.2, 0) is 0 Å². The molecule has 46 heavy (non-hydrogen) atoms. The number of thiophene rings is 2. The third-order valence-electron chi connectivity index (χ3n) is 10.0. The summed E-state index contributed by atoms with van der Waals surface area (Å²) in [4.78, 5) is 1.40. The first-order valence-electron chi connectivity index (χ1n) is 15.9. The lowest BCUT2D eigenvalue weighted by atomic mass is 9.84. The molecule has 0 aliphatic carbocycles. The van der Waals surface area contributed by atoms with Crippen LogP contribution in [0.3, 0.4) is 0 Å². The third kappa shape index (κ3) is 3.54. The van der Waals surface area contributed by atoms with E-state index in [1.54, 1.807) is 0 Å². The van der Waals surface area contributed by atoms with Gasteiger partial charge in [-0.25, -0.2) is 0 Å². The summed E-state index contributed by atoms with van der Waals surface area (Å²) in [5.74, 6) is 0. The van der Waals surface area contributed by atoms with Gasteiger partial charge in [0.2, 0.25) is 0 Å². The normalized spacial score (nSPS) is 12.1. The highest BCUT2D eigenvalue weighted by Crippen LogP contribution is 2.51. The van der Waals surface area contributed by atoms with E-state index in [-0.39, 0.29) is 0 Å². The highest BCUT2D eigenvalue weighted by molar-refractivity contribution is 7.27. The molecule has 0 atom stereocenters. The molecule has 0 saturated carbocycles. The van der Waals surface area contributed by atoms with Gasteiger partial charge in [-0.1, -0.05) is 115 Å². The predicted octanol–water partition coefficient (Wildman–Crippen LogP) is 13.8. The van der Waals surface area contributed by atoms with E-state index in [4.69, 9.17) is 0 Å². The van der Waals surface area contributed by atoms with Crippen LogP contribution in [0.2, 0.25) is 0 Å². The molecule has 0 amide bonds. The van der Waals surface area contributed by atoms with Crippen LogP contribution in [0.4, 0.5) is 0 Å². The van der Waals surface area contributed by atoms with Crippen LogP contribution in [0.1, 0.15) is 10.4 Å². The van der Waals surface area contributed by atoms with E-state index in [0.29, 0.717) is 0 Å². The molecule has 0 saturated heterocycles. The van der Waals surface area contributed by atoms with Gasteiger partial charge in [-0.2, -0.15) is 0 Å². The van der Waals surface area contributed by atoms with E-state index in [9.17, 15) is 0 Å². The standard InChI is InChI=1S/C44H28S2/c1-25-26(2)45-38-23-22-27(24-37(25)38)40-31-15-6-8-17-33(31)41(34-18-9-7-16-32(34)40)36-20-11-21-39-42(36)43-30-14-5-3-12-28(30)29-13-4-10-19-35(29)44(43)46-39/h3-24H,1-2H3. The van der Waals surface area contributed by atoms with Crippen molar-refractivity contribution in [2.45, 2.75) is 13.8 Å². The molecule has 0 aliphatic heterocycles. The molecule has 10 rings (SSSR count). The van der Waals surface area contributed by atoms with Gasteiger partial charge < -0.3 is 0 Å². The van der Waals surface area contributed by atoms with Crippen LogP contribution < -0.4 is 0 Å². The van der Waals surface area contributed by atoms with E-state index in [1.807, 2.05) is 22.7 Å². The van der Waals surface area contributed by atoms with Crippen LogP contribution in [0, 0.1) is 13.8 Å². The van der Waals surface area contributed by atoms with E-state index >= 15 is 0 Å².